The molecule has 0 aromatic carbocycles. The summed E-state index contributed by atoms with van der Waals surface area (Å²) < 4.78 is 1.98. The van der Waals surface area contributed by atoms with E-state index < -0.39 is 0 Å². The minimum absolute atomic E-state index is 0. The van der Waals surface area contributed by atoms with Crippen LogP contribution in [0.2, 0.25) is 0 Å². The number of piperazine rings is 1. The molecule has 1 fully saturated rings. The maximum atomic E-state index is 4.76. The molecule has 7 nitrogen and oxygen atoms in total. The summed E-state index contributed by atoms with van der Waals surface area (Å²) in [5.41, 5.74) is 0. The summed E-state index contributed by atoms with van der Waals surface area (Å²) in [5.74, 6) is 3.43. The number of aryl methyl sites for hydroxylation is 1. The highest BCUT2D eigenvalue weighted by Crippen LogP contribution is 2.07. The molecule has 0 aliphatic carbocycles. The summed E-state index contributed by atoms with van der Waals surface area (Å²) in [5, 5.41) is 11.7. The van der Waals surface area contributed by atoms with Crippen molar-refractivity contribution in [2.45, 2.75) is 27.3 Å². The second-order valence-corrected chi connectivity index (χ2v) is 6.71. The molecule has 0 spiro atoms. The lowest BCUT2D eigenvalue weighted by Crippen LogP contribution is -2.53. The van der Waals surface area contributed by atoms with Gasteiger partial charge in [0.25, 0.3) is 0 Å². The van der Waals surface area contributed by atoms with Gasteiger partial charge < -0.3 is 14.8 Å². The zero-order valence-electron chi connectivity index (χ0n) is 15.9. The molecule has 1 aliphatic heterocycles. The summed E-state index contributed by atoms with van der Waals surface area (Å²) in [6, 6.07) is 0. The maximum absolute atomic E-state index is 4.76. The second kappa shape index (κ2) is 10.7. The Balaban J connectivity index is 0.00000312. The SMILES string of the molecule is C=CCNC(=NCc1nnc(C)n1C)N1CCN(CC(C)C)CC1.I. The lowest BCUT2D eigenvalue weighted by molar-refractivity contribution is 0.164. The Kier molecular flexibility index (Phi) is 9.41. The van der Waals surface area contributed by atoms with Gasteiger partial charge in [-0.3, -0.25) is 4.90 Å². The number of nitrogens with one attached hydrogen (secondary N) is 1. The van der Waals surface area contributed by atoms with E-state index in [1.165, 1.54) is 6.54 Å². The van der Waals surface area contributed by atoms with Gasteiger partial charge in [-0.2, -0.15) is 0 Å². The van der Waals surface area contributed by atoms with Gasteiger partial charge in [-0.25, -0.2) is 4.99 Å². The molecule has 2 rings (SSSR count). The molecule has 1 aliphatic rings. The van der Waals surface area contributed by atoms with Crippen molar-refractivity contribution in [1.29, 1.82) is 0 Å². The monoisotopic (exact) mass is 461 g/mol. The molecule has 0 amide bonds. The minimum Gasteiger partial charge on any atom is -0.353 e. The van der Waals surface area contributed by atoms with Crippen molar-refractivity contribution in [3.8, 4) is 0 Å². The van der Waals surface area contributed by atoms with Crippen molar-refractivity contribution in [1.82, 2.24) is 29.9 Å². The molecule has 0 bridgehead atoms. The Labute approximate surface area is 168 Å². The van der Waals surface area contributed by atoms with E-state index in [0.717, 1.165) is 43.8 Å². The molecule has 1 aromatic rings. The fourth-order valence-electron chi connectivity index (χ4n) is 2.82. The highest BCUT2D eigenvalue weighted by molar-refractivity contribution is 14.0. The third-order valence-electron chi connectivity index (χ3n) is 4.25. The molecule has 1 saturated heterocycles. The van der Waals surface area contributed by atoms with Gasteiger partial charge in [0, 0.05) is 46.3 Å². The van der Waals surface area contributed by atoms with Crippen LogP contribution in [0.4, 0.5) is 0 Å². The van der Waals surface area contributed by atoms with Gasteiger partial charge in [0.1, 0.15) is 12.4 Å². The zero-order valence-corrected chi connectivity index (χ0v) is 18.2. The van der Waals surface area contributed by atoms with E-state index in [4.69, 9.17) is 4.99 Å². The fraction of sp³-hybridized carbons (Fsp3) is 0.706. The molecule has 25 heavy (non-hydrogen) atoms. The van der Waals surface area contributed by atoms with Crippen LogP contribution in [-0.4, -0.2) is 69.8 Å². The van der Waals surface area contributed by atoms with Crippen LogP contribution in [0.5, 0.6) is 0 Å². The molecule has 0 radical (unpaired) electrons. The molecule has 0 atom stereocenters. The number of nitrogens with zero attached hydrogens (tertiary/aromatic N) is 6. The van der Waals surface area contributed by atoms with Crippen molar-refractivity contribution in [3.63, 3.8) is 0 Å². The van der Waals surface area contributed by atoms with Gasteiger partial charge in [0.15, 0.2) is 11.8 Å². The van der Waals surface area contributed by atoms with Gasteiger partial charge >= 0.3 is 0 Å². The van der Waals surface area contributed by atoms with Crippen LogP contribution in [0.3, 0.4) is 0 Å². The lowest BCUT2D eigenvalue weighted by atomic mass is 10.2. The van der Waals surface area contributed by atoms with Gasteiger partial charge in [-0.1, -0.05) is 19.9 Å². The summed E-state index contributed by atoms with van der Waals surface area (Å²) in [6.45, 7) is 16.8. The van der Waals surface area contributed by atoms with Gasteiger partial charge in [-0.05, 0) is 12.8 Å². The Bertz CT molecular complexity index is 559. The van der Waals surface area contributed by atoms with Crippen molar-refractivity contribution in [2.75, 3.05) is 39.3 Å². The van der Waals surface area contributed by atoms with Crippen molar-refractivity contribution < 1.29 is 0 Å². The number of aliphatic imine (C=N–C) groups is 1. The molecule has 142 valence electrons. The van der Waals surface area contributed by atoms with Crippen LogP contribution in [0, 0.1) is 12.8 Å². The molecule has 1 aromatic heterocycles. The Hall–Kier alpha value is -1.16. The van der Waals surface area contributed by atoms with E-state index in [0.29, 0.717) is 19.0 Å². The van der Waals surface area contributed by atoms with Crippen molar-refractivity contribution >= 4 is 29.9 Å². The first-order valence-electron chi connectivity index (χ1n) is 8.72. The van der Waals surface area contributed by atoms with Crippen LogP contribution in [-0.2, 0) is 13.6 Å². The van der Waals surface area contributed by atoms with E-state index in [1.807, 2.05) is 24.6 Å². The molecule has 1 N–H and O–H groups in total. The number of aromatic nitrogens is 3. The summed E-state index contributed by atoms with van der Waals surface area (Å²) >= 11 is 0. The number of hydrogen-bond acceptors (Lipinski definition) is 4. The third-order valence-corrected chi connectivity index (χ3v) is 4.25. The Morgan fingerprint density at radius 3 is 2.48 bits per heavy atom. The first kappa shape index (κ1) is 21.9. The first-order valence-corrected chi connectivity index (χ1v) is 8.72. The van der Waals surface area contributed by atoms with Crippen molar-refractivity contribution in [3.05, 3.63) is 24.3 Å². The molecular formula is C17H32IN7. The van der Waals surface area contributed by atoms with Crippen LogP contribution < -0.4 is 5.32 Å². The van der Waals surface area contributed by atoms with Crippen LogP contribution in [0.1, 0.15) is 25.5 Å². The number of halogens is 1. The fourth-order valence-corrected chi connectivity index (χ4v) is 2.82. The van der Waals surface area contributed by atoms with E-state index >= 15 is 0 Å². The second-order valence-electron chi connectivity index (χ2n) is 6.71. The largest absolute Gasteiger partial charge is 0.353 e. The molecule has 0 saturated carbocycles. The number of hydrogen-bond donors (Lipinski definition) is 1. The predicted octanol–water partition coefficient (Wildman–Crippen LogP) is 1.65. The van der Waals surface area contributed by atoms with Crippen LogP contribution >= 0.6 is 24.0 Å². The van der Waals surface area contributed by atoms with Gasteiger partial charge in [-0.15, -0.1) is 40.8 Å². The van der Waals surface area contributed by atoms with Gasteiger partial charge in [0.05, 0.1) is 0 Å². The summed E-state index contributed by atoms with van der Waals surface area (Å²) in [6.07, 6.45) is 1.86. The van der Waals surface area contributed by atoms with E-state index in [2.05, 4.69) is 45.7 Å². The number of guanidine groups is 1. The van der Waals surface area contributed by atoms with Gasteiger partial charge in [0.2, 0.25) is 0 Å². The molecular weight excluding hydrogens is 429 g/mol. The average molecular weight is 461 g/mol. The van der Waals surface area contributed by atoms with E-state index in [9.17, 15) is 0 Å². The first-order chi connectivity index (χ1) is 11.5. The molecule has 8 heteroatoms. The number of rotatable bonds is 6. The topological polar surface area (TPSA) is 61.6 Å². The highest BCUT2D eigenvalue weighted by Gasteiger charge is 2.20. The third kappa shape index (κ3) is 6.58. The summed E-state index contributed by atoms with van der Waals surface area (Å²) in [7, 11) is 1.97. The normalized spacial score (nSPS) is 16.0. The minimum atomic E-state index is 0. The van der Waals surface area contributed by atoms with Crippen molar-refractivity contribution in [2.24, 2.45) is 18.0 Å². The Morgan fingerprint density at radius 1 is 1.28 bits per heavy atom. The highest BCUT2D eigenvalue weighted by atomic mass is 127. The maximum Gasteiger partial charge on any atom is 0.194 e. The zero-order chi connectivity index (χ0) is 17.5. The smallest absolute Gasteiger partial charge is 0.194 e. The summed E-state index contributed by atoms with van der Waals surface area (Å²) in [4.78, 5) is 9.61. The average Bonchev–Trinajstić information content (AvgIpc) is 2.87. The standard InChI is InChI=1S/C17H31N7.HI/c1-6-7-18-17(19-12-16-21-20-15(4)22(16)5)24-10-8-23(9-11-24)13-14(2)3;/h6,14H,1,7-13H2,2-5H3,(H,18,19);1H. The quantitative estimate of drug-likeness (QED) is 0.302. The lowest BCUT2D eigenvalue weighted by Gasteiger charge is -2.37. The molecule has 2 heterocycles. The van der Waals surface area contributed by atoms with E-state index in [1.54, 1.807) is 0 Å². The Morgan fingerprint density at radius 2 is 1.96 bits per heavy atom. The predicted molar refractivity (Wildman–Crippen MR) is 113 cm³/mol. The van der Waals surface area contributed by atoms with E-state index in [-0.39, 0.29) is 24.0 Å². The molecule has 0 unspecified atom stereocenters. The van der Waals surface area contributed by atoms with Crippen LogP contribution in [0.25, 0.3) is 0 Å². The van der Waals surface area contributed by atoms with Crippen LogP contribution in [0.15, 0.2) is 17.6 Å².